The minimum atomic E-state index is 0.205. The van der Waals surface area contributed by atoms with Crippen molar-refractivity contribution in [2.75, 3.05) is 0 Å². The van der Waals surface area contributed by atoms with Gasteiger partial charge in [-0.3, -0.25) is 0 Å². The van der Waals surface area contributed by atoms with Gasteiger partial charge < -0.3 is 24.5 Å². The van der Waals surface area contributed by atoms with Gasteiger partial charge in [-0.25, -0.2) is 14.5 Å². The predicted octanol–water partition coefficient (Wildman–Crippen LogP) is 6.17. The van der Waals surface area contributed by atoms with Crippen LogP contribution in [0.2, 0.25) is 0 Å². The van der Waals surface area contributed by atoms with Crippen LogP contribution in [0.1, 0.15) is 22.5 Å². The molecule has 10 nitrogen and oxygen atoms in total. The zero-order chi connectivity index (χ0) is 27.6. The van der Waals surface area contributed by atoms with Gasteiger partial charge in [-0.2, -0.15) is 10.1 Å². The van der Waals surface area contributed by atoms with Crippen LogP contribution >= 0.6 is 0 Å². The van der Waals surface area contributed by atoms with Gasteiger partial charge in [0.05, 0.1) is 18.6 Å². The summed E-state index contributed by atoms with van der Waals surface area (Å²) in [6.07, 6.45) is 6.43. The molecule has 0 fully saturated rings. The van der Waals surface area contributed by atoms with Crippen molar-refractivity contribution in [2.45, 2.75) is 27.4 Å². The fourth-order valence-corrected chi connectivity index (χ4v) is 4.50. The SMILES string of the molecule is Cc1cc2cc(O)cnc2[nH]1.Cc1cc2cc(Oc3ncnn4cc(OCc5ccccc5)c(C)c34)cnc2[nH]1. The average Bonchev–Trinajstić information content (AvgIpc) is 3.61. The number of pyridine rings is 2. The van der Waals surface area contributed by atoms with Crippen LogP contribution in [-0.4, -0.2) is 39.6 Å². The Hall–Kier alpha value is -5.38. The molecule has 7 aromatic rings. The molecule has 6 aromatic heterocycles. The Labute approximate surface area is 229 Å². The van der Waals surface area contributed by atoms with Gasteiger partial charge in [0.15, 0.2) is 0 Å². The second kappa shape index (κ2) is 10.4. The molecule has 0 bridgehead atoms. The lowest BCUT2D eigenvalue weighted by molar-refractivity contribution is 0.304. The van der Waals surface area contributed by atoms with Gasteiger partial charge in [-0.05, 0) is 50.6 Å². The van der Waals surface area contributed by atoms with E-state index in [9.17, 15) is 0 Å². The first-order chi connectivity index (χ1) is 19.4. The number of H-pyrrole nitrogens is 2. The zero-order valence-corrected chi connectivity index (χ0v) is 22.2. The molecule has 0 aliphatic heterocycles. The number of hydrogen-bond donors (Lipinski definition) is 3. The van der Waals surface area contributed by atoms with Crippen LogP contribution in [0.25, 0.3) is 27.6 Å². The molecule has 0 spiro atoms. The van der Waals surface area contributed by atoms with Gasteiger partial charge in [0.1, 0.15) is 47.0 Å². The van der Waals surface area contributed by atoms with Crippen LogP contribution in [0.4, 0.5) is 0 Å². The molecule has 40 heavy (non-hydrogen) atoms. The van der Waals surface area contributed by atoms with Crippen LogP contribution < -0.4 is 9.47 Å². The summed E-state index contributed by atoms with van der Waals surface area (Å²) in [7, 11) is 0. The number of aryl methyl sites for hydroxylation is 3. The van der Waals surface area contributed by atoms with Crippen LogP contribution in [0, 0.1) is 20.8 Å². The number of benzene rings is 1. The number of fused-ring (bicyclic) bond motifs is 3. The molecule has 0 aliphatic rings. The first-order valence-corrected chi connectivity index (χ1v) is 12.7. The number of aromatic hydroxyl groups is 1. The minimum absolute atomic E-state index is 0.205. The molecule has 0 atom stereocenters. The number of nitrogens with one attached hydrogen (secondary N) is 2. The summed E-state index contributed by atoms with van der Waals surface area (Å²) < 4.78 is 13.8. The summed E-state index contributed by atoms with van der Waals surface area (Å²) in [6.45, 7) is 6.41. The van der Waals surface area contributed by atoms with Crippen molar-refractivity contribution in [1.29, 1.82) is 0 Å². The molecule has 0 radical (unpaired) electrons. The van der Waals surface area contributed by atoms with Crippen LogP contribution in [0.5, 0.6) is 23.1 Å². The highest BCUT2D eigenvalue weighted by Crippen LogP contribution is 2.32. The Morgan fingerprint density at radius 1 is 0.850 bits per heavy atom. The molecule has 0 unspecified atom stereocenters. The molecule has 10 heteroatoms. The van der Waals surface area contributed by atoms with Gasteiger partial charge in [0, 0.05) is 27.7 Å². The Morgan fingerprint density at radius 3 is 2.30 bits per heavy atom. The van der Waals surface area contributed by atoms with Gasteiger partial charge in [-0.15, -0.1) is 0 Å². The quantitative estimate of drug-likeness (QED) is 0.241. The smallest absolute Gasteiger partial charge is 0.247 e. The topological polar surface area (TPSA) is 126 Å². The Balaban J connectivity index is 0.000000219. The summed E-state index contributed by atoms with van der Waals surface area (Å²) in [5.41, 5.74) is 6.54. The molecule has 3 N–H and O–H groups in total. The van der Waals surface area contributed by atoms with E-state index in [1.165, 1.54) is 12.5 Å². The maximum atomic E-state index is 9.06. The van der Waals surface area contributed by atoms with E-state index >= 15 is 0 Å². The minimum Gasteiger partial charge on any atom is -0.506 e. The highest BCUT2D eigenvalue weighted by Gasteiger charge is 2.16. The van der Waals surface area contributed by atoms with E-state index in [1.54, 1.807) is 16.8 Å². The maximum absolute atomic E-state index is 9.06. The standard InChI is InChI=1S/C22H19N5O2.C8H8N2O/c1-14-8-17-9-18(10-23-21(17)26-14)29-22-20-15(2)19(11-27(20)25-13-24-22)28-12-16-6-4-3-5-7-16;1-5-2-6-3-7(11)4-9-8(6)10-5/h3-11,13H,12H2,1-2H3,(H,23,26);2-4,11H,1H3,(H,9,10). The Bertz CT molecular complexity index is 1940. The molecule has 7 rings (SSSR count). The van der Waals surface area contributed by atoms with E-state index in [2.05, 4.69) is 30.0 Å². The van der Waals surface area contributed by atoms with Gasteiger partial charge in [0.25, 0.3) is 0 Å². The third kappa shape index (κ3) is 5.14. The third-order valence-electron chi connectivity index (χ3n) is 6.37. The van der Waals surface area contributed by atoms with Crippen molar-refractivity contribution < 1.29 is 14.6 Å². The molecule has 0 aliphatic carbocycles. The lowest BCUT2D eigenvalue weighted by Gasteiger charge is -2.07. The number of aromatic nitrogens is 7. The highest BCUT2D eigenvalue weighted by molar-refractivity contribution is 5.78. The number of nitrogens with zero attached hydrogens (tertiary/aromatic N) is 5. The molecule has 6 heterocycles. The lowest BCUT2D eigenvalue weighted by Crippen LogP contribution is -1.97. The zero-order valence-electron chi connectivity index (χ0n) is 22.2. The fourth-order valence-electron chi connectivity index (χ4n) is 4.50. The van der Waals surface area contributed by atoms with Gasteiger partial charge >= 0.3 is 0 Å². The van der Waals surface area contributed by atoms with Crippen molar-refractivity contribution in [3.8, 4) is 23.1 Å². The number of aromatic amines is 2. The summed E-state index contributed by atoms with van der Waals surface area (Å²) in [6, 6.07) is 17.6. The van der Waals surface area contributed by atoms with Crippen molar-refractivity contribution in [3.05, 3.63) is 102 Å². The maximum Gasteiger partial charge on any atom is 0.247 e. The summed E-state index contributed by atoms with van der Waals surface area (Å²) >= 11 is 0. The summed E-state index contributed by atoms with van der Waals surface area (Å²) in [5, 5.41) is 15.3. The molecule has 200 valence electrons. The second-order valence-corrected chi connectivity index (χ2v) is 9.50. The Kier molecular flexibility index (Phi) is 6.49. The molecule has 0 saturated heterocycles. The van der Waals surface area contributed by atoms with E-state index in [4.69, 9.17) is 14.6 Å². The van der Waals surface area contributed by atoms with E-state index < -0.39 is 0 Å². The van der Waals surface area contributed by atoms with E-state index in [-0.39, 0.29) is 5.75 Å². The first kappa shape index (κ1) is 24.9. The largest absolute Gasteiger partial charge is 0.506 e. The number of ether oxygens (including phenoxy) is 2. The summed E-state index contributed by atoms with van der Waals surface area (Å²) in [5.74, 6) is 2.02. The normalized spacial score (nSPS) is 11.1. The monoisotopic (exact) mass is 533 g/mol. The van der Waals surface area contributed by atoms with E-state index in [1.807, 2.05) is 75.5 Å². The first-order valence-electron chi connectivity index (χ1n) is 12.7. The van der Waals surface area contributed by atoms with E-state index in [0.717, 1.165) is 55.8 Å². The molecule has 0 amide bonds. The number of hydrogen-bond acceptors (Lipinski definition) is 7. The predicted molar refractivity (Wildman–Crippen MR) is 152 cm³/mol. The summed E-state index contributed by atoms with van der Waals surface area (Å²) in [4.78, 5) is 19.0. The van der Waals surface area contributed by atoms with Gasteiger partial charge in [0.2, 0.25) is 5.88 Å². The van der Waals surface area contributed by atoms with Crippen molar-refractivity contribution >= 4 is 27.6 Å². The Morgan fingerprint density at radius 2 is 1.55 bits per heavy atom. The second-order valence-electron chi connectivity index (χ2n) is 9.50. The highest BCUT2D eigenvalue weighted by atomic mass is 16.5. The number of rotatable bonds is 5. The van der Waals surface area contributed by atoms with Crippen LogP contribution in [0.15, 0.2) is 79.5 Å². The van der Waals surface area contributed by atoms with Crippen molar-refractivity contribution in [3.63, 3.8) is 0 Å². The van der Waals surface area contributed by atoms with Crippen molar-refractivity contribution in [1.82, 2.24) is 34.5 Å². The molecule has 0 saturated carbocycles. The van der Waals surface area contributed by atoms with Gasteiger partial charge in [-0.1, -0.05) is 30.3 Å². The third-order valence-corrected chi connectivity index (χ3v) is 6.37. The fraction of sp³-hybridized carbons (Fsp3) is 0.133. The lowest BCUT2D eigenvalue weighted by atomic mass is 10.2. The molecule has 1 aromatic carbocycles. The van der Waals surface area contributed by atoms with Crippen LogP contribution in [0.3, 0.4) is 0 Å². The molecular weight excluding hydrogens is 506 g/mol. The van der Waals surface area contributed by atoms with Crippen molar-refractivity contribution in [2.24, 2.45) is 0 Å². The molecular formula is C30H27N7O3. The van der Waals surface area contributed by atoms with E-state index in [0.29, 0.717) is 18.2 Å². The van der Waals surface area contributed by atoms with Crippen LogP contribution in [-0.2, 0) is 6.61 Å². The average molecular weight is 534 g/mol.